The molecule has 0 unspecified atom stereocenters. The molecule has 2 aromatic heterocycles. The van der Waals surface area contributed by atoms with Crippen LogP contribution in [0, 0.1) is 6.92 Å². The Hall–Kier alpha value is -3.50. The third kappa shape index (κ3) is 5.36. The van der Waals surface area contributed by atoms with Gasteiger partial charge in [-0.05, 0) is 42.8 Å². The molecule has 0 radical (unpaired) electrons. The first kappa shape index (κ1) is 22.2. The first-order valence-electron chi connectivity index (χ1n) is 8.77. The van der Waals surface area contributed by atoms with Crippen molar-refractivity contribution in [3.63, 3.8) is 0 Å². The van der Waals surface area contributed by atoms with E-state index in [1.807, 2.05) is 0 Å². The van der Waals surface area contributed by atoms with E-state index >= 15 is 0 Å². The molecule has 0 atom stereocenters. The van der Waals surface area contributed by atoms with Crippen molar-refractivity contribution >= 4 is 17.7 Å². The lowest BCUT2D eigenvalue weighted by Crippen LogP contribution is -2.16. The number of aromatic nitrogens is 2. The van der Waals surface area contributed by atoms with Gasteiger partial charge in [0.05, 0.1) is 41.5 Å². The van der Waals surface area contributed by atoms with Gasteiger partial charge in [0.2, 0.25) is 5.91 Å². The van der Waals surface area contributed by atoms with E-state index in [0.29, 0.717) is 17.5 Å². The molecular formula is C20H15F6N3O2. The third-order valence-electron chi connectivity index (χ3n) is 4.37. The monoisotopic (exact) mass is 443 g/mol. The molecule has 0 bridgehead atoms. The van der Waals surface area contributed by atoms with Crippen LogP contribution in [0.4, 0.5) is 32.0 Å². The minimum Gasteiger partial charge on any atom is -0.465 e. The van der Waals surface area contributed by atoms with Crippen molar-refractivity contribution in [2.75, 3.05) is 5.32 Å². The summed E-state index contributed by atoms with van der Waals surface area (Å²) in [6, 6.07) is 4.72. The van der Waals surface area contributed by atoms with Crippen LogP contribution < -0.4 is 5.32 Å². The van der Waals surface area contributed by atoms with Crippen molar-refractivity contribution in [1.82, 2.24) is 9.78 Å². The number of benzene rings is 1. The lowest BCUT2D eigenvalue weighted by atomic mass is 10.0. The summed E-state index contributed by atoms with van der Waals surface area (Å²) >= 11 is 0. The summed E-state index contributed by atoms with van der Waals surface area (Å²) in [5.74, 6) is -0.0749. The van der Waals surface area contributed by atoms with Crippen LogP contribution in [0.25, 0.3) is 6.08 Å². The number of rotatable bonds is 5. The van der Waals surface area contributed by atoms with Gasteiger partial charge in [-0.3, -0.25) is 9.48 Å². The molecule has 31 heavy (non-hydrogen) atoms. The van der Waals surface area contributed by atoms with E-state index in [1.54, 1.807) is 12.1 Å². The van der Waals surface area contributed by atoms with E-state index in [0.717, 1.165) is 10.7 Å². The number of alkyl halides is 6. The van der Waals surface area contributed by atoms with Crippen LogP contribution in [0.2, 0.25) is 0 Å². The van der Waals surface area contributed by atoms with Gasteiger partial charge in [0, 0.05) is 6.08 Å². The van der Waals surface area contributed by atoms with Crippen molar-refractivity contribution in [2.24, 2.45) is 0 Å². The van der Waals surface area contributed by atoms with Gasteiger partial charge in [0.15, 0.2) is 0 Å². The summed E-state index contributed by atoms with van der Waals surface area (Å²) in [5, 5.41) is 6.47. The molecule has 1 N–H and O–H groups in total. The van der Waals surface area contributed by atoms with Crippen LogP contribution in [0.5, 0.6) is 0 Å². The van der Waals surface area contributed by atoms with Gasteiger partial charge in [-0.25, -0.2) is 0 Å². The first-order valence-corrected chi connectivity index (χ1v) is 8.77. The Morgan fingerprint density at radius 1 is 1.16 bits per heavy atom. The highest BCUT2D eigenvalue weighted by molar-refractivity contribution is 6.01. The Bertz CT molecular complexity index is 1100. The Labute approximate surface area is 172 Å². The minimum atomic E-state index is -4.98. The lowest BCUT2D eigenvalue weighted by molar-refractivity contribution is -0.143. The van der Waals surface area contributed by atoms with E-state index < -0.39 is 35.9 Å². The maximum atomic E-state index is 13.3. The first-order chi connectivity index (χ1) is 14.4. The SMILES string of the molecule is Cc1c(NC(=O)/C=C\c2ccco2)cnn1Cc1ccc(C(F)(F)F)cc1C(F)(F)F. The molecule has 0 aliphatic rings. The molecule has 3 aromatic rings. The largest absolute Gasteiger partial charge is 0.465 e. The van der Waals surface area contributed by atoms with Crippen LogP contribution in [0.3, 0.4) is 0 Å². The predicted molar refractivity (Wildman–Crippen MR) is 98.9 cm³/mol. The summed E-state index contributed by atoms with van der Waals surface area (Å²) < 4.78 is 84.7. The highest BCUT2D eigenvalue weighted by atomic mass is 19.4. The molecule has 0 aliphatic carbocycles. The number of hydrogen-bond donors (Lipinski definition) is 1. The fourth-order valence-corrected chi connectivity index (χ4v) is 2.76. The lowest BCUT2D eigenvalue weighted by Gasteiger charge is -2.16. The van der Waals surface area contributed by atoms with Crippen molar-refractivity contribution in [2.45, 2.75) is 25.8 Å². The number of anilines is 1. The van der Waals surface area contributed by atoms with E-state index in [9.17, 15) is 31.1 Å². The number of furan rings is 1. The number of amides is 1. The fraction of sp³-hybridized carbons (Fsp3) is 0.200. The second kappa shape index (κ2) is 8.32. The number of nitrogens with zero attached hydrogens (tertiary/aromatic N) is 2. The summed E-state index contributed by atoms with van der Waals surface area (Å²) in [5.41, 5.74) is -2.61. The number of hydrogen-bond acceptors (Lipinski definition) is 3. The van der Waals surface area contributed by atoms with Gasteiger partial charge in [-0.15, -0.1) is 0 Å². The van der Waals surface area contributed by atoms with Crippen LogP contribution in [0.1, 0.15) is 28.1 Å². The van der Waals surface area contributed by atoms with Crippen molar-refractivity contribution < 1.29 is 35.6 Å². The van der Waals surface area contributed by atoms with Crippen molar-refractivity contribution in [3.8, 4) is 0 Å². The number of carbonyl (C=O) groups excluding carboxylic acids is 1. The average Bonchev–Trinajstić information content (AvgIpc) is 3.30. The smallest absolute Gasteiger partial charge is 0.416 e. The van der Waals surface area contributed by atoms with Crippen LogP contribution in [0.15, 0.2) is 53.3 Å². The van der Waals surface area contributed by atoms with Crippen LogP contribution in [-0.4, -0.2) is 15.7 Å². The Kier molecular flexibility index (Phi) is 5.96. The molecular weight excluding hydrogens is 428 g/mol. The van der Waals surface area contributed by atoms with Crippen molar-refractivity contribution in [1.29, 1.82) is 0 Å². The quantitative estimate of drug-likeness (QED) is 0.417. The fourth-order valence-electron chi connectivity index (χ4n) is 2.76. The Morgan fingerprint density at radius 2 is 1.90 bits per heavy atom. The molecule has 0 fully saturated rings. The molecule has 0 saturated heterocycles. The molecule has 1 aromatic carbocycles. The standard InChI is InChI=1S/C20H15F6N3O2/c1-12-17(28-18(30)7-6-15-3-2-8-31-15)10-27-29(12)11-13-4-5-14(19(21,22)23)9-16(13)20(24,25)26/h2-10H,11H2,1H3,(H,28,30)/b7-6-. The topological polar surface area (TPSA) is 60.1 Å². The Balaban J connectivity index is 1.81. The zero-order valence-electron chi connectivity index (χ0n) is 15.9. The zero-order chi connectivity index (χ0) is 22.8. The predicted octanol–water partition coefficient (Wildman–Crippen LogP) is 5.52. The van der Waals surface area contributed by atoms with E-state index in [2.05, 4.69) is 10.4 Å². The third-order valence-corrected chi connectivity index (χ3v) is 4.37. The van der Waals surface area contributed by atoms with Gasteiger partial charge < -0.3 is 9.73 Å². The maximum absolute atomic E-state index is 13.3. The summed E-state index contributed by atoms with van der Waals surface area (Å²) in [6.07, 6.45) is -4.58. The van der Waals surface area contributed by atoms with E-state index in [-0.39, 0.29) is 17.3 Å². The average molecular weight is 443 g/mol. The minimum absolute atomic E-state index is 0.0796. The molecule has 0 saturated carbocycles. The highest BCUT2D eigenvalue weighted by Gasteiger charge is 2.38. The maximum Gasteiger partial charge on any atom is 0.416 e. The number of nitrogens with one attached hydrogen (secondary N) is 1. The Morgan fingerprint density at radius 3 is 2.52 bits per heavy atom. The van der Waals surface area contributed by atoms with Gasteiger partial charge in [-0.1, -0.05) is 6.07 Å². The molecule has 2 heterocycles. The van der Waals surface area contributed by atoms with Gasteiger partial charge in [-0.2, -0.15) is 31.4 Å². The van der Waals surface area contributed by atoms with E-state index in [4.69, 9.17) is 4.42 Å². The van der Waals surface area contributed by atoms with Gasteiger partial charge in [0.25, 0.3) is 0 Å². The van der Waals surface area contributed by atoms with E-state index in [1.165, 1.54) is 31.5 Å². The van der Waals surface area contributed by atoms with Gasteiger partial charge >= 0.3 is 12.4 Å². The molecule has 0 spiro atoms. The highest BCUT2D eigenvalue weighted by Crippen LogP contribution is 2.37. The summed E-state index contributed by atoms with van der Waals surface area (Å²) in [6.45, 7) is 1.08. The summed E-state index contributed by atoms with van der Waals surface area (Å²) in [7, 11) is 0. The molecule has 1 amide bonds. The molecule has 5 nitrogen and oxygen atoms in total. The van der Waals surface area contributed by atoms with Crippen molar-refractivity contribution in [3.05, 3.63) is 77.0 Å². The number of halogens is 6. The molecule has 0 aliphatic heterocycles. The summed E-state index contributed by atoms with van der Waals surface area (Å²) in [4.78, 5) is 12.0. The molecule has 164 valence electrons. The zero-order valence-corrected chi connectivity index (χ0v) is 15.9. The molecule has 3 rings (SSSR count). The molecule has 11 heteroatoms. The second-order valence-electron chi connectivity index (χ2n) is 6.51. The number of carbonyl (C=O) groups is 1. The van der Waals surface area contributed by atoms with Crippen LogP contribution in [-0.2, 0) is 23.7 Å². The van der Waals surface area contributed by atoms with Crippen LogP contribution >= 0.6 is 0 Å². The second-order valence-corrected chi connectivity index (χ2v) is 6.51. The normalized spacial score (nSPS) is 12.5. The van der Waals surface area contributed by atoms with Gasteiger partial charge in [0.1, 0.15) is 5.76 Å².